The molecule has 0 bridgehead atoms. The number of aryl methyl sites for hydroxylation is 2. The van der Waals surface area contributed by atoms with Crippen LogP contribution in [0.3, 0.4) is 0 Å². The van der Waals surface area contributed by atoms with Crippen LogP contribution in [0.5, 0.6) is 0 Å². The van der Waals surface area contributed by atoms with E-state index in [0.29, 0.717) is 16.9 Å². The number of carbonyl (C=O) groups is 1. The number of nitrogens with zero attached hydrogens (tertiary/aromatic N) is 3. The van der Waals surface area contributed by atoms with Gasteiger partial charge in [-0.3, -0.25) is 4.79 Å². The topological polar surface area (TPSA) is 67.5 Å². The van der Waals surface area contributed by atoms with Crippen molar-refractivity contribution in [1.29, 1.82) is 0 Å². The minimum atomic E-state index is -0.887. The fraction of sp³-hybridized carbons (Fsp3) is 0.188. The van der Waals surface area contributed by atoms with E-state index in [1.165, 1.54) is 0 Å². The highest BCUT2D eigenvalue weighted by atomic mass is 16.4. The second-order valence-electron chi connectivity index (χ2n) is 5.10. The molecule has 1 N–H and O–H groups in total. The van der Waals surface area contributed by atoms with Crippen molar-refractivity contribution in [3.05, 3.63) is 53.3 Å². The maximum absolute atomic E-state index is 11.2. The number of hydrogen-bond donors (Lipinski definition) is 1. The highest BCUT2D eigenvalue weighted by Crippen LogP contribution is 2.26. The van der Waals surface area contributed by atoms with Gasteiger partial charge in [0.1, 0.15) is 0 Å². The van der Waals surface area contributed by atoms with Gasteiger partial charge in [0.05, 0.1) is 12.1 Å². The standard InChI is InChI=1S/C16H15N3O2/c1-10-3-5-12(6-4-10)15-13(9-14(20)21)16-17-11(2)7-8-19(16)18-15/h3-8H,9H2,1-2H3,(H,20,21). The summed E-state index contributed by atoms with van der Waals surface area (Å²) >= 11 is 0. The molecule has 5 heteroatoms. The van der Waals surface area contributed by atoms with Crippen molar-refractivity contribution < 1.29 is 9.90 Å². The average molecular weight is 281 g/mol. The van der Waals surface area contributed by atoms with Gasteiger partial charge in [-0.05, 0) is 19.9 Å². The highest BCUT2D eigenvalue weighted by molar-refractivity contribution is 5.80. The minimum Gasteiger partial charge on any atom is -0.481 e. The van der Waals surface area contributed by atoms with Gasteiger partial charge in [0.15, 0.2) is 5.65 Å². The molecule has 2 heterocycles. The van der Waals surface area contributed by atoms with Gasteiger partial charge in [-0.2, -0.15) is 5.10 Å². The second kappa shape index (κ2) is 5.01. The Morgan fingerprint density at radius 3 is 2.57 bits per heavy atom. The predicted molar refractivity (Wildman–Crippen MR) is 79.2 cm³/mol. The van der Waals surface area contributed by atoms with Gasteiger partial charge in [-0.25, -0.2) is 9.50 Å². The summed E-state index contributed by atoms with van der Waals surface area (Å²) in [6.45, 7) is 3.89. The molecule has 0 spiro atoms. The Labute approximate surface area is 121 Å². The van der Waals surface area contributed by atoms with E-state index < -0.39 is 5.97 Å². The fourth-order valence-electron chi connectivity index (χ4n) is 2.32. The van der Waals surface area contributed by atoms with Crippen molar-refractivity contribution in [1.82, 2.24) is 14.6 Å². The van der Waals surface area contributed by atoms with E-state index in [9.17, 15) is 4.79 Å². The van der Waals surface area contributed by atoms with Crippen LogP contribution >= 0.6 is 0 Å². The second-order valence-corrected chi connectivity index (χ2v) is 5.10. The number of benzene rings is 1. The van der Waals surface area contributed by atoms with Gasteiger partial charge < -0.3 is 5.11 Å². The first-order chi connectivity index (χ1) is 10.0. The van der Waals surface area contributed by atoms with Crippen molar-refractivity contribution in [3.8, 4) is 11.3 Å². The summed E-state index contributed by atoms with van der Waals surface area (Å²) < 4.78 is 1.64. The largest absolute Gasteiger partial charge is 0.481 e. The van der Waals surface area contributed by atoms with Crippen LogP contribution in [-0.2, 0) is 11.2 Å². The molecule has 3 rings (SSSR count). The average Bonchev–Trinajstić information content (AvgIpc) is 2.77. The van der Waals surface area contributed by atoms with Crippen molar-refractivity contribution in [3.63, 3.8) is 0 Å². The SMILES string of the molecule is Cc1ccc(-c2nn3ccc(C)nc3c2CC(=O)O)cc1. The van der Waals surface area contributed by atoms with Gasteiger partial charge in [0, 0.05) is 23.0 Å². The molecule has 0 aliphatic carbocycles. The molecule has 0 fully saturated rings. The fourth-order valence-corrected chi connectivity index (χ4v) is 2.32. The number of aliphatic carboxylic acids is 1. The van der Waals surface area contributed by atoms with Crippen molar-refractivity contribution in [2.75, 3.05) is 0 Å². The van der Waals surface area contributed by atoms with Crippen LogP contribution in [0.1, 0.15) is 16.8 Å². The molecule has 0 aliphatic heterocycles. The summed E-state index contributed by atoms with van der Waals surface area (Å²) in [6, 6.07) is 9.74. The quantitative estimate of drug-likeness (QED) is 0.801. The zero-order chi connectivity index (χ0) is 15.0. The van der Waals surface area contributed by atoms with E-state index in [1.54, 1.807) is 10.7 Å². The highest BCUT2D eigenvalue weighted by Gasteiger charge is 2.18. The molecule has 0 amide bonds. The van der Waals surface area contributed by atoms with Crippen molar-refractivity contribution in [2.45, 2.75) is 20.3 Å². The first-order valence-electron chi connectivity index (χ1n) is 6.68. The lowest BCUT2D eigenvalue weighted by Gasteiger charge is -2.01. The first kappa shape index (κ1) is 13.3. The Balaban J connectivity index is 2.25. The van der Waals surface area contributed by atoms with Gasteiger partial charge in [-0.1, -0.05) is 29.8 Å². The number of rotatable bonds is 3. The lowest BCUT2D eigenvalue weighted by molar-refractivity contribution is -0.136. The molecule has 0 saturated carbocycles. The van der Waals surface area contributed by atoms with Crippen LogP contribution in [0, 0.1) is 13.8 Å². The van der Waals surface area contributed by atoms with E-state index in [0.717, 1.165) is 16.8 Å². The number of hydrogen-bond acceptors (Lipinski definition) is 3. The summed E-state index contributed by atoms with van der Waals surface area (Å²) in [4.78, 5) is 15.6. The molecule has 21 heavy (non-hydrogen) atoms. The monoisotopic (exact) mass is 281 g/mol. The van der Waals surface area contributed by atoms with Crippen LogP contribution in [-0.4, -0.2) is 25.7 Å². The molecule has 3 aromatic rings. The third kappa shape index (κ3) is 2.50. The smallest absolute Gasteiger partial charge is 0.308 e. The summed E-state index contributed by atoms with van der Waals surface area (Å²) in [6.07, 6.45) is 1.71. The molecule has 2 aromatic heterocycles. The maximum atomic E-state index is 11.2. The van der Waals surface area contributed by atoms with E-state index >= 15 is 0 Å². The molecule has 5 nitrogen and oxygen atoms in total. The lowest BCUT2D eigenvalue weighted by atomic mass is 10.0. The molecule has 1 aromatic carbocycles. The predicted octanol–water partition coefficient (Wildman–Crippen LogP) is 2.64. The summed E-state index contributed by atoms with van der Waals surface area (Å²) in [5.41, 5.74) is 4.82. The van der Waals surface area contributed by atoms with E-state index in [-0.39, 0.29) is 6.42 Å². The van der Waals surface area contributed by atoms with Crippen LogP contribution < -0.4 is 0 Å². The van der Waals surface area contributed by atoms with Gasteiger partial charge >= 0.3 is 5.97 Å². The Hall–Kier alpha value is -2.69. The summed E-state index contributed by atoms with van der Waals surface area (Å²) in [5.74, 6) is -0.887. The zero-order valence-corrected chi connectivity index (χ0v) is 11.9. The molecular weight excluding hydrogens is 266 g/mol. The summed E-state index contributed by atoms with van der Waals surface area (Å²) in [5, 5.41) is 13.7. The Bertz CT molecular complexity index is 819. The molecule has 0 aliphatic rings. The van der Waals surface area contributed by atoms with E-state index in [2.05, 4.69) is 10.1 Å². The van der Waals surface area contributed by atoms with Gasteiger partial charge in [0.2, 0.25) is 0 Å². The van der Waals surface area contributed by atoms with E-state index in [4.69, 9.17) is 5.11 Å². The van der Waals surface area contributed by atoms with Crippen molar-refractivity contribution >= 4 is 11.6 Å². The molecule has 106 valence electrons. The third-order valence-corrected chi connectivity index (χ3v) is 3.37. The number of carboxylic acid groups (broad SMARTS) is 1. The Morgan fingerprint density at radius 1 is 1.19 bits per heavy atom. The van der Waals surface area contributed by atoms with Gasteiger partial charge in [0.25, 0.3) is 0 Å². The first-order valence-corrected chi connectivity index (χ1v) is 6.68. The Kier molecular flexibility index (Phi) is 3.17. The minimum absolute atomic E-state index is 0.0941. The molecule has 0 atom stereocenters. The van der Waals surface area contributed by atoms with Crippen LogP contribution in [0.25, 0.3) is 16.9 Å². The van der Waals surface area contributed by atoms with E-state index in [1.807, 2.05) is 44.2 Å². The lowest BCUT2D eigenvalue weighted by Crippen LogP contribution is -2.02. The van der Waals surface area contributed by atoms with Gasteiger partial charge in [-0.15, -0.1) is 0 Å². The van der Waals surface area contributed by atoms with Crippen molar-refractivity contribution in [2.24, 2.45) is 0 Å². The third-order valence-electron chi connectivity index (χ3n) is 3.37. The number of carboxylic acids is 1. The zero-order valence-electron chi connectivity index (χ0n) is 11.9. The van der Waals surface area contributed by atoms with Crippen LogP contribution in [0.4, 0.5) is 0 Å². The summed E-state index contributed by atoms with van der Waals surface area (Å²) in [7, 11) is 0. The molecule has 0 radical (unpaired) electrons. The maximum Gasteiger partial charge on any atom is 0.308 e. The van der Waals surface area contributed by atoms with Crippen LogP contribution in [0.2, 0.25) is 0 Å². The van der Waals surface area contributed by atoms with Crippen LogP contribution in [0.15, 0.2) is 36.5 Å². The normalized spacial score (nSPS) is 11.0. The Morgan fingerprint density at radius 2 is 1.90 bits per heavy atom. The molecule has 0 unspecified atom stereocenters. The molecule has 0 saturated heterocycles. The number of fused-ring (bicyclic) bond motifs is 1. The molecular formula is C16H15N3O2. The number of aromatic nitrogens is 3.